The van der Waals surface area contributed by atoms with Crippen molar-refractivity contribution in [3.63, 3.8) is 0 Å². The summed E-state index contributed by atoms with van der Waals surface area (Å²) in [5, 5.41) is 0. The zero-order chi connectivity index (χ0) is 18.4. The molecule has 0 radical (unpaired) electrons. The van der Waals surface area contributed by atoms with E-state index in [0.717, 1.165) is 0 Å². The lowest BCUT2D eigenvalue weighted by atomic mass is 10.2. The number of carbonyl (C=O) groups excluding carboxylic acids is 2. The second-order valence-electron chi connectivity index (χ2n) is 5.29. The van der Waals surface area contributed by atoms with Crippen molar-refractivity contribution in [1.82, 2.24) is 0 Å². The molecule has 0 saturated carbocycles. The molecular formula is C18H20FN3O3. The molecule has 6 nitrogen and oxygen atoms in total. The van der Waals surface area contributed by atoms with Gasteiger partial charge in [0, 0.05) is 18.8 Å². The number of ether oxygens (including phenoxy) is 1. The number of nitrogens with two attached hydrogens (primary N) is 1. The van der Waals surface area contributed by atoms with Crippen molar-refractivity contribution in [3.8, 4) is 5.75 Å². The number of hydrogen-bond acceptors (Lipinski definition) is 4. The molecule has 0 fully saturated rings. The Morgan fingerprint density at radius 3 is 2.48 bits per heavy atom. The topological polar surface area (TPSA) is 75.9 Å². The van der Waals surface area contributed by atoms with Gasteiger partial charge in [-0.15, -0.1) is 0 Å². The molecule has 2 N–H and O–H groups in total. The van der Waals surface area contributed by atoms with Crippen molar-refractivity contribution in [1.29, 1.82) is 0 Å². The van der Waals surface area contributed by atoms with Crippen molar-refractivity contribution < 1.29 is 18.7 Å². The average molecular weight is 345 g/mol. The molecule has 2 amide bonds. The molecule has 0 aromatic heterocycles. The zero-order valence-corrected chi connectivity index (χ0v) is 14.1. The van der Waals surface area contributed by atoms with Gasteiger partial charge in [0.2, 0.25) is 11.8 Å². The van der Waals surface area contributed by atoms with Crippen LogP contribution in [-0.2, 0) is 9.59 Å². The fourth-order valence-corrected chi connectivity index (χ4v) is 2.31. The highest BCUT2D eigenvalue weighted by Gasteiger charge is 2.22. The van der Waals surface area contributed by atoms with Crippen molar-refractivity contribution in [2.24, 2.45) is 5.73 Å². The Kier molecular flexibility index (Phi) is 6.08. The van der Waals surface area contributed by atoms with Crippen LogP contribution in [0.2, 0.25) is 0 Å². The number of nitrogens with zero attached hydrogens (tertiary/aromatic N) is 2. The molecule has 7 heteroatoms. The standard InChI is InChI=1S/C18H20FN3O3/c1-21(16-9-4-3-8-15(16)19)18(24)12-22(17(23)11-20)13-6-5-7-14(10-13)25-2/h3-10H,11-12,20H2,1-2H3. The van der Waals surface area contributed by atoms with Crippen LogP contribution < -0.4 is 20.3 Å². The lowest BCUT2D eigenvalue weighted by Crippen LogP contribution is -2.44. The van der Waals surface area contributed by atoms with E-state index in [1.165, 1.54) is 42.2 Å². The number of methoxy groups -OCH3 is 1. The molecule has 0 aliphatic carbocycles. The monoisotopic (exact) mass is 345 g/mol. The molecule has 0 heterocycles. The van der Waals surface area contributed by atoms with Crippen LogP contribution >= 0.6 is 0 Å². The third-order valence-electron chi connectivity index (χ3n) is 3.72. The summed E-state index contributed by atoms with van der Waals surface area (Å²) in [6, 6.07) is 12.7. The van der Waals surface area contributed by atoms with Gasteiger partial charge in [0.05, 0.1) is 19.3 Å². The Bertz CT molecular complexity index is 767. The maximum Gasteiger partial charge on any atom is 0.246 e. The van der Waals surface area contributed by atoms with Gasteiger partial charge in [-0.05, 0) is 24.3 Å². The number of hydrogen-bond donors (Lipinski definition) is 1. The van der Waals surface area contributed by atoms with Gasteiger partial charge in [-0.25, -0.2) is 4.39 Å². The molecule has 2 aromatic carbocycles. The first-order valence-corrected chi connectivity index (χ1v) is 7.63. The molecule has 25 heavy (non-hydrogen) atoms. The molecule has 0 aliphatic heterocycles. The summed E-state index contributed by atoms with van der Waals surface area (Å²) in [5.74, 6) is -0.850. The number of amides is 2. The summed E-state index contributed by atoms with van der Waals surface area (Å²) >= 11 is 0. The Labute approximate surface area is 145 Å². The quantitative estimate of drug-likeness (QED) is 0.866. The third-order valence-corrected chi connectivity index (χ3v) is 3.72. The molecule has 0 atom stereocenters. The highest BCUT2D eigenvalue weighted by atomic mass is 19.1. The summed E-state index contributed by atoms with van der Waals surface area (Å²) in [4.78, 5) is 27.2. The molecule has 2 aromatic rings. The van der Waals surface area contributed by atoms with Crippen LogP contribution in [0.1, 0.15) is 0 Å². The van der Waals surface area contributed by atoms with E-state index >= 15 is 0 Å². The van der Waals surface area contributed by atoms with Crippen LogP contribution in [0, 0.1) is 5.82 Å². The van der Waals surface area contributed by atoms with Crippen molar-refractivity contribution in [2.75, 3.05) is 37.0 Å². The SMILES string of the molecule is COc1cccc(N(CC(=O)N(C)c2ccccc2F)C(=O)CN)c1. The maximum absolute atomic E-state index is 13.9. The maximum atomic E-state index is 13.9. The molecule has 0 saturated heterocycles. The summed E-state index contributed by atoms with van der Waals surface area (Å²) in [6.07, 6.45) is 0. The summed E-state index contributed by atoms with van der Waals surface area (Å²) < 4.78 is 19.0. The minimum Gasteiger partial charge on any atom is -0.497 e. The Hall–Kier alpha value is -2.93. The zero-order valence-electron chi connectivity index (χ0n) is 14.1. The van der Waals surface area contributed by atoms with Crippen LogP contribution in [-0.4, -0.2) is 39.1 Å². The van der Waals surface area contributed by atoms with Gasteiger partial charge in [0.25, 0.3) is 0 Å². The van der Waals surface area contributed by atoms with E-state index in [2.05, 4.69) is 0 Å². The largest absolute Gasteiger partial charge is 0.497 e. The van der Waals surface area contributed by atoms with Crippen molar-refractivity contribution >= 4 is 23.2 Å². The summed E-state index contributed by atoms with van der Waals surface area (Å²) in [5.41, 5.74) is 6.07. The van der Waals surface area contributed by atoms with Gasteiger partial charge < -0.3 is 20.3 Å². The van der Waals surface area contributed by atoms with Gasteiger partial charge in [0.15, 0.2) is 0 Å². The molecule has 2 rings (SSSR count). The van der Waals surface area contributed by atoms with Crippen LogP contribution in [0.3, 0.4) is 0 Å². The molecule has 0 aliphatic rings. The van der Waals surface area contributed by atoms with Crippen LogP contribution in [0.5, 0.6) is 5.75 Å². The average Bonchev–Trinajstić information content (AvgIpc) is 2.65. The number of halogens is 1. The second kappa shape index (κ2) is 8.25. The smallest absolute Gasteiger partial charge is 0.246 e. The lowest BCUT2D eigenvalue weighted by Gasteiger charge is -2.25. The van der Waals surface area contributed by atoms with Gasteiger partial charge >= 0.3 is 0 Å². The number of carbonyl (C=O) groups is 2. The molecule has 0 unspecified atom stereocenters. The number of rotatable bonds is 6. The number of anilines is 2. The van der Waals surface area contributed by atoms with E-state index in [9.17, 15) is 14.0 Å². The first-order chi connectivity index (χ1) is 12.0. The van der Waals surface area contributed by atoms with Crippen LogP contribution in [0.15, 0.2) is 48.5 Å². The Morgan fingerprint density at radius 1 is 1.12 bits per heavy atom. The van der Waals surface area contributed by atoms with Crippen LogP contribution in [0.25, 0.3) is 0 Å². The van der Waals surface area contributed by atoms with Gasteiger partial charge in [-0.1, -0.05) is 18.2 Å². The molecule has 0 bridgehead atoms. The number of likely N-dealkylation sites (N-methyl/N-ethyl adjacent to an activating group) is 1. The minimum absolute atomic E-state index is 0.137. The Morgan fingerprint density at radius 2 is 1.84 bits per heavy atom. The highest BCUT2D eigenvalue weighted by Crippen LogP contribution is 2.22. The normalized spacial score (nSPS) is 10.2. The van der Waals surface area contributed by atoms with Crippen molar-refractivity contribution in [2.45, 2.75) is 0 Å². The summed E-state index contributed by atoms with van der Waals surface area (Å²) in [6.45, 7) is -0.526. The second-order valence-corrected chi connectivity index (χ2v) is 5.29. The molecular weight excluding hydrogens is 325 g/mol. The van der Waals surface area contributed by atoms with E-state index in [0.29, 0.717) is 11.4 Å². The predicted octanol–water partition coefficient (Wildman–Crippen LogP) is 1.79. The fourth-order valence-electron chi connectivity index (χ4n) is 2.31. The molecule has 0 spiro atoms. The third kappa shape index (κ3) is 4.33. The van der Waals surface area contributed by atoms with E-state index < -0.39 is 17.6 Å². The van der Waals surface area contributed by atoms with E-state index in [-0.39, 0.29) is 18.8 Å². The highest BCUT2D eigenvalue weighted by molar-refractivity contribution is 6.04. The van der Waals surface area contributed by atoms with Crippen molar-refractivity contribution in [3.05, 3.63) is 54.3 Å². The number of para-hydroxylation sites is 1. The van der Waals surface area contributed by atoms with E-state index in [1.807, 2.05) is 0 Å². The van der Waals surface area contributed by atoms with Crippen LogP contribution in [0.4, 0.5) is 15.8 Å². The first-order valence-electron chi connectivity index (χ1n) is 7.63. The molecule has 132 valence electrons. The van der Waals surface area contributed by atoms with E-state index in [1.54, 1.807) is 30.3 Å². The minimum atomic E-state index is -0.517. The van der Waals surface area contributed by atoms with Gasteiger partial charge in [-0.3, -0.25) is 9.59 Å². The Balaban J connectivity index is 2.26. The van der Waals surface area contributed by atoms with Gasteiger partial charge in [-0.2, -0.15) is 0 Å². The van der Waals surface area contributed by atoms with Gasteiger partial charge in [0.1, 0.15) is 18.1 Å². The first kappa shape index (κ1) is 18.4. The summed E-state index contributed by atoms with van der Waals surface area (Å²) in [7, 11) is 2.96. The van der Waals surface area contributed by atoms with E-state index in [4.69, 9.17) is 10.5 Å². The fraction of sp³-hybridized carbons (Fsp3) is 0.222. The predicted molar refractivity (Wildman–Crippen MR) is 94.2 cm³/mol. The number of benzene rings is 2. The lowest BCUT2D eigenvalue weighted by molar-refractivity contribution is -0.121.